The molecule has 86 valence electrons. The fourth-order valence-corrected chi connectivity index (χ4v) is 1.20. The predicted octanol–water partition coefficient (Wildman–Crippen LogP) is 1.14. The van der Waals surface area contributed by atoms with E-state index in [1.54, 1.807) is 11.1 Å². The van der Waals surface area contributed by atoms with Crippen LogP contribution >= 0.6 is 0 Å². The SMILES string of the molecule is C=CC(=O)O.C=CN1CCCCCC1=O.[NaH]. The van der Waals surface area contributed by atoms with Gasteiger partial charge in [-0.2, -0.15) is 0 Å². The second-order valence-corrected chi connectivity index (χ2v) is 3.12. The first-order chi connectivity index (χ1) is 7.11. The molecule has 1 fully saturated rings. The van der Waals surface area contributed by atoms with E-state index in [9.17, 15) is 9.59 Å². The van der Waals surface area contributed by atoms with Crippen LogP contribution in [0.2, 0.25) is 0 Å². The van der Waals surface area contributed by atoms with Gasteiger partial charge in [0, 0.05) is 19.0 Å². The fourth-order valence-electron chi connectivity index (χ4n) is 1.20. The van der Waals surface area contributed by atoms with E-state index in [0.717, 1.165) is 25.5 Å². The van der Waals surface area contributed by atoms with Crippen molar-refractivity contribution in [3.05, 3.63) is 25.4 Å². The number of likely N-dealkylation sites (tertiary alicyclic amines) is 1. The summed E-state index contributed by atoms with van der Waals surface area (Å²) in [5, 5.41) is 7.60. The molecule has 0 bridgehead atoms. The molecule has 0 spiro atoms. The van der Waals surface area contributed by atoms with Gasteiger partial charge >= 0.3 is 35.5 Å². The summed E-state index contributed by atoms with van der Waals surface area (Å²) in [5.41, 5.74) is 0. The minimum absolute atomic E-state index is 0. The molecular weight excluding hydrogens is 217 g/mol. The molecule has 1 amide bonds. The Labute approximate surface area is 118 Å². The van der Waals surface area contributed by atoms with Crippen molar-refractivity contribution in [2.24, 2.45) is 0 Å². The fraction of sp³-hybridized carbons (Fsp3) is 0.455. The molecular formula is C11H18NNaO3. The van der Waals surface area contributed by atoms with Crippen LogP contribution in [0.4, 0.5) is 0 Å². The van der Waals surface area contributed by atoms with Crippen LogP contribution in [-0.4, -0.2) is 58.0 Å². The Balaban J connectivity index is 0. The van der Waals surface area contributed by atoms with Crippen molar-refractivity contribution in [2.75, 3.05) is 6.54 Å². The Bertz CT molecular complexity index is 254. The number of aliphatic carboxylic acids is 1. The third-order valence-corrected chi connectivity index (χ3v) is 2.01. The average Bonchev–Trinajstić information content (AvgIpc) is 2.43. The molecule has 1 N–H and O–H groups in total. The van der Waals surface area contributed by atoms with Gasteiger partial charge in [0.1, 0.15) is 0 Å². The molecule has 0 aromatic carbocycles. The van der Waals surface area contributed by atoms with E-state index in [2.05, 4.69) is 13.2 Å². The molecule has 1 aliphatic heterocycles. The first kappa shape index (κ1) is 17.8. The third kappa shape index (κ3) is 8.71. The monoisotopic (exact) mass is 235 g/mol. The van der Waals surface area contributed by atoms with Gasteiger partial charge in [-0.05, 0) is 19.0 Å². The van der Waals surface area contributed by atoms with Crippen LogP contribution in [0.25, 0.3) is 0 Å². The van der Waals surface area contributed by atoms with Gasteiger partial charge < -0.3 is 10.0 Å². The van der Waals surface area contributed by atoms with Crippen LogP contribution < -0.4 is 0 Å². The molecule has 1 heterocycles. The summed E-state index contributed by atoms with van der Waals surface area (Å²) in [7, 11) is 0. The van der Waals surface area contributed by atoms with Crippen LogP contribution in [0.5, 0.6) is 0 Å². The summed E-state index contributed by atoms with van der Waals surface area (Å²) in [6, 6.07) is 0. The molecule has 0 aromatic heterocycles. The van der Waals surface area contributed by atoms with Crippen LogP contribution in [0.3, 0.4) is 0 Å². The normalized spacial score (nSPS) is 14.8. The maximum absolute atomic E-state index is 11.1. The number of carbonyl (C=O) groups excluding carboxylic acids is 1. The summed E-state index contributed by atoms with van der Waals surface area (Å²) in [4.78, 5) is 22.1. The summed E-state index contributed by atoms with van der Waals surface area (Å²) in [6.45, 7) is 7.41. The van der Waals surface area contributed by atoms with Crippen LogP contribution in [0.1, 0.15) is 25.7 Å². The van der Waals surface area contributed by atoms with Gasteiger partial charge in [-0.25, -0.2) is 4.79 Å². The Kier molecular flexibility index (Phi) is 12.2. The zero-order chi connectivity index (χ0) is 11.7. The second kappa shape index (κ2) is 10.9. The van der Waals surface area contributed by atoms with E-state index in [1.165, 1.54) is 6.42 Å². The Hall–Kier alpha value is -0.580. The summed E-state index contributed by atoms with van der Waals surface area (Å²) < 4.78 is 0. The van der Waals surface area contributed by atoms with E-state index in [0.29, 0.717) is 6.42 Å². The van der Waals surface area contributed by atoms with Crippen LogP contribution in [-0.2, 0) is 9.59 Å². The zero-order valence-corrected chi connectivity index (χ0v) is 8.82. The quantitative estimate of drug-likeness (QED) is 0.577. The number of carboxylic acids is 1. The van der Waals surface area contributed by atoms with Crippen molar-refractivity contribution in [1.82, 2.24) is 4.90 Å². The van der Waals surface area contributed by atoms with E-state index in [1.807, 2.05) is 0 Å². The Morgan fingerprint density at radius 3 is 2.31 bits per heavy atom. The van der Waals surface area contributed by atoms with E-state index < -0.39 is 5.97 Å². The number of nitrogens with zero attached hydrogens (tertiary/aromatic N) is 1. The maximum atomic E-state index is 11.1. The molecule has 1 aliphatic rings. The molecule has 0 atom stereocenters. The van der Waals surface area contributed by atoms with E-state index in [-0.39, 0.29) is 35.5 Å². The first-order valence-corrected chi connectivity index (χ1v) is 4.89. The van der Waals surface area contributed by atoms with Crippen molar-refractivity contribution in [3.8, 4) is 0 Å². The zero-order valence-electron chi connectivity index (χ0n) is 8.82. The van der Waals surface area contributed by atoms with Gasteiger partial charge in [-0.15, -0.1) is 0 Å². The van der Waals surface area contributed by atoms with E-state index >= 15 is 0 Å². The number of amides is 1. The number of carboxylic acid groups (broad SMARTS) is 1. The van der Waals surface area contributed by atoms with Gasteiger partial charge in [0.05, 0.1) is 0 Å². The van der Waals surface area contributed by atoms with Gasteiger partial charge in [-0.1, -0.05) is 19.6 Å². The molecule has 1 rings (SSSR count). The van der Waals surface area contributed by atoms with E-state index in [4.69, 9.17) is 5.11 Å². The average molecular weight is 235 g/mol. The number of carbonyl (C=O) groups is 2. The van der Waals surface area contributed by atoms with Crippen LogP contribution in [0.15, 0.2) is 25.4 Å². The van der Waals surface area contributed by atoms with Gasteiger partial charge in [0.2, 0.25) is 5.91 Å². The predicted molar refractivity (Wildman–Crippen MR) is 65.4 cm³/mol. The van der Waals surface area contributed by atoms with Crippen molar-refractivity contribution < 1.29 is 14.7 Å². The summed E-state index contributed by atoms with van der Waals surface area (Å²) in [5.74, 6) is -0.752. The van der Waals surface area contributed by atoms with Gasteiger partial charge in [0.25, 0.3) is 0 Å². The summed E-state index contributed by atoms with van der Waals surface area (Å²) in [6.07, 6.45) is 6.51. The van der Waals surface area contributed by atoms with Crippen molar-refractivity contribution in [2.45, 2.75) is 25.7 Å². The molecule has 4 nitrogen and oxygen atoms in total. The van der Waals surface area contributed by atoms with Crippen LogP contribution in [0, 0.1) is 0 Å². The standard InChI is InChI=1S/C8H13NO.C3H4O2.Na.H/c1-2-9-7-5-3-4-6-8(9)10;1-2-3(4)5;;/h2H,1,3-7H2;2H,1H2,(H,4,5);;. The molecule has 0 radical (unpaired) electrons. The molecule has 0 saturated carbocycles. The van der Waals surface area contributed by atoms with Gasteiger partial charge in [0.15, 0.2) is 0 Å². The Morgan fingerprint density at radius 1 is 1.31 bits per heavy atom. The van der Waals surface area contributed by atoms with Crippen molar-refractivity contribution in [1.29, 1.82) is 0 Å². The molecule has 16 heavy (non-hydrogen) atoms. The molecule has 5 heteroatoms. The number of rotatable bonds is 2. The van der Waals surface area contributed by atoms with Gasteiger partial charge in [-0.3, -0.25) is 4.79 Å². The molecule has 1 saturated heterocycles. The molecule has 0 unspecified atom stereocenters. The van der Waals surface area contributed by atoms with Crippen molar-refractivity contribution in [3.63, 3.8) is 0 Å². The second-order valence-electron chi connectivity index (χ2n) is 3.12. The Morgan fingerprint density at radius 2 is 1.88 bits per heavy atom. The number of hydrogen-bond acceptors (Lipinski definition) is 2. The van der Waals surface area contributed by atoms with Crippen molar-refractivity contribution >= 4 is 41.4 Å². The summed E-state index contributed by atoms with van der Waals surface area (Å²) >= 11 is 0. The topological polar surface area (TPSA) is 57.6 Å². The molecule has 0 aromatic rings. The minimum atomic E-state index is -0.981. The molecule has 0 aliphatic carbocycles. The third-order valence-electron chi connectivity index (χ3n) is 2.01. The number of hydrogen-bond donors (Lipinski definition) is 1. The first-order valence-electron chi connectivity index (χ1n) is 4.89.